The number of nitrogens with zero attached hydrogens (tertiary/aromatic N) is 1. The van der Waals surface area contributed by atoms with Crippen molar-refractivity contribution in [3.63, 3.8) is 0 Å². The number of hydrogen-bond acceptors (Lipinski definition) is 3. The molecular weight excluding hydrogens is 368 g/mol. The van der Waals surface area contributed by atoms with E-state index in [9.17, 15) is 13.2 Å². The van der Waals surface area contributed by atoms with Crippen molar-refractivity contribution in [1.82, 2.24) is 5.32 Å². The van der Waals surface area contributed by atoms with Crippen LogP contribution in [0.25, 0.3) is 0 Å². The van der Waals surface area contributed by atoms with Gasteiger partial charge in [0.25, 0.3) is 0 Å². The molecule has 5 nitrogen and oxygen atoms in total. The number of nitrogens with one attached hydrogen (secondary N) is 1. The molecule has 0 saturated carbocycles. The Morgan fingerprint density at radius 3 is 2.36 bits per heavy atom. The molecule has 1 aromatic carbocycles. The minimum Gasteiger partial charge on any atom is -0.354 e. The molecule has 0 radical (unpaired) electrons. The van der Waals surface area contributed by atoms with Crippen LogP contribution in [-0.2, 0) is 14.8 Å². The van der Waals surface area contributed by atoms with Gasteiger partial charge in [0.2, 0.25) is 15.9 Å². The molecule has 1 rings (SSSR count). The second-order valence-electron chi connectivity index (χ2n) is 5.09. The van der Waals surface area contributed by atoms with Gasteiger partial charge in [-0.2, -0.15) is 0 Å². The summed E-state index contributed by atoms with van der Waals surface area (Å²) in [6.07, 6.45) is 2.72. The fourth-order valence-corrected chi connectivity index (χ4v) is 3.76. The van der Waals surface area contributed by atoms with Crippen LogP contribution in [0.5, 0.6) is 0 Å². The molecule has 22 heavy (non-hydrogen) atoms. The number of carbonyl (C=O) groups is 1. The molecule has 1 aromatic rings. The first-order chi connectivity index (χ1) is 10.3. The maximum atomic E-state index is 12.0. The Morgan fingerprint density at radius 1 is 1.27 bits per heavy atom. The number of carbonyl (C=O) groups excluding carboxylic acids is 1. The van der Waals surface area contributed by atoms with Crippen LogP contribution in [0.3, 0.4) is 0 Å². The number of rotatable bonds is 8. The maximum absolute atomic E-state index is 12.0. The van der Waals surface area contributed by atoms with Crippen LogP contribution < -0.4 is 9.62 Å². The first-order valence-electron chi connectivity index (χ1n) is 7.31. The van der Waals surface area contributed by atoms with Crippen molar-refractivity contribution >= 4 is 37.5 Å². The molecule has 7 heteroatoms. The summed E-state index contributed by atoms with van der Waals surface area (Å²) in [6.45, 7) is 4.42. The summed E-state index contributed by atoms with van der Waals surface area (Å²) in [7, 11) is -3.42. The minimum atomic E-state index is -3.42. The largest absolute Gasteiger partial charge is 0.354 e. The highest BCUT2D eigenvalue weighted by atomic mass is 79.9. The number of hydrogen-bond donors (Lipinski definition) is 1. The zero-order valence-corrected chi connectivity index (χ0v) is 15.6. The number of sulfonamides is 1. The lowest BCUT2D eigenvalue weighted by Crippen LogP contribution is -2.40. The predicted octanol–water partition coefficient (Wildman–Crippen LogP) is 2.77. The van der Waals surface area contributed by atoms with Gasteiger partial charge in [-0.25, -0.2) is 8.42 Å². The van der Waals surface area contributed by atoms with E-state index in [0.29, 0.717) is 10.2 Å². The SMILES string of the molecule is CCC(CC)C(=O)NCCN(c1ccccc1Br)S(C)(=O)=O. The Labute approximate surface area is 141 Å². The average molecular weight is 391 g/mol. The van der Waals surface area contributed by atoms with Gasteiger partial charge in [0.1, 0.15) is 0 Å². The van der Waals surface area contributed by atoms with Crippen molar-refractivity contribution < 1.29 is 13.2 Å². The Hall–Kier alpha value is -1.08. The molecular formula is C15H23BrN2O3S. The minimum absolute atomic E-state index is 0.0184. The monoisotopic (exact) mass is 390 g/mol. The number of para-hydroxylation sites is 1. The number of halogens is 1. The topological polar surface area (TPSA) is 66.5 Å². The molecule has 1 amide bonds. The van der Waals surface area contributed by atoms with Crippen LogP contribution in [-0.4, -0.2) is 33.7 Å². The standard InChI is InChI=1S/C15H23BrN2O3S/c1-4-12(5-2)15(19)17-10-11-18(22(3,20)21)14-9-7-6-8-13(14)16/h6-9,12H,4-5,10-11H2,1-3H3,(H,17,19). The van der Waals surface area contributed by atoms with E-state index in [2.05, 4.69) is 21.2 Å². The van der Waals surface area contributed by atoms with E-state index in [1.807, 2.05) is 19.9 Å². The normalized spacial score (nSPS) is 11.5. The molecule has 1 N–H and O–H groups in total. The Balaban J connectivity index is 2.78. The van der Waals surface area contributed by atoms with Crippen molar-refractivity contribution in [1.29, 1.82) is 0 Å². The first-order valence-corrected chi connectivity index (χ1v) is 9.95. The lowest BCUT2D eigenvalue weighted by Gasteiger charge is -2.24. The van der Waals surface area contributed by atoms with Crippen LogP contribution in [0.2, 0.25) is 0 Å². The molecule has 0 aromatic heterocycles. The molecule has 0 unspecified atom stereocenters. The quantitative estimate of drug-likeness (QED) is 0.741. The van der Waals surface area contributed by atoms with Gasteiger partial charge in [-0.15, -0.1) is 0 Å². The zero-order chi connectivity index (χ0) is 16.8. The molecule has 0 aliphatic heterocycles. The number of anilines is 1. The third-order valence-electron chi connectivity index (χ3n) is 3.49. The molecule has 0 bridgehead atoms. The summed E-state index contributed by atoms with van der Waals surface area (Å²) in [5, 5.41) is 2.82. The highest BCUT2D eigenvalue weighted by molar-refractivity contribution is 9.10. The fraction of sp³-hybridized carbons (Fsp3) is 0.533. The highest BCUT2D eigenvalue weighted by Gasteiger charge is 2.20. The lowest BCUT2D eigenvalue weighted by molar-refractivity contribution is -0.125. The molecule has 0 spiro atoms. The van der Waals surface area contributed by atoms with Crippen molar-refractivity contribution in [3.8, 4) is 0 Å². The molecule has 0 fully saturated rings. The third kappa shape index (κ3) is 5.28. The summed E-state index contributed by atoms with van der Waals surface area (Å²) < 4.78 is 26.0. The van der Waals surface area contributed by atoms with Crippen molar-refractivity contribution in [2.75, 3.05) is 23.7 Å². The third-order valence-corrected chi connectivity index (χ3v) is 5.34. The number of amides is 1. The van der Waals surface area contributed by atoms with Crippen LogP contribution in [0.1, 0.15) is 26.7 Å². The average Bonchev–Trinajstić information content (AvgIpc) is 2.45. The van der Waals surface area contributed by atoms with E-state index in [-0.39, 0.29) is 24.9 Å². The van der Waals surface area contributed by atoms with E-state index in [1.165, 1.54) is 4.31 Å². The Kier molecular flexibility index (Phi) is 7.35. The second kappa shape index (κ2) is 8.53. The van der Waals surface area contributed by atoms with E-state index in [4.69, 9.17) is 0 Å². The predicted molar refractivity (Wildman–Crippen MR) is 93.4 cm³/mol. The van der Waals surface area contributed by atoms with Crippen LogP contribution in [0.15, 0.2) is 28.7 Å². The second-order valence-corrected chi connectivity index (χ2v) is 7.85. The first kappa shape index (κ1) is 19.0. The van der Waals surface area contributed by atoms with E-state index < -0.39 is 10.0 Å². The molecule has 124 valence electrons. The van der Waals surface area contributed by atoms with Gasteiger partial charge in [-0.3, -0.25) is 9.10 Å². The molecule has 0 saturated heterocycles. The van der Waals surface area contributed by atoms with Crippen LogP contribution >= 0.6 is 15.9 Å². The molecule has 0 atom stereocenters. The van der Waals surface area contributed by atoms with E-state index in [0.717, 1.165) is 19.1 Å². The van der Waals surface area contributed by atoms with Crippen molar-refractivity contribution in [2.24, 2.45) is 5.92 Å². The molecule has 0 heterocycles. The summed E-state index contributed by atoms with van der Waals surface area (Å²) in [5.41, 5.74) is 0.571. The van der Waals surface area contributed by atoms with Gasteiger partial charge in [-0.05, 0) is 40.9 Å². The van der Waals surface area contributed by atoms with Crippen molar-refractivity contribution in [2.45, 2.75) is 26.7 Å². The van der Waals surface area contributed by atoms with Gasteiger partial charge in [0.05, 0.1) is 18.5 Å². The van der Waals surface area contributed by atoms with E-state index in [1.54, 1.807) is 18.2 Å². The maximum Gasteiger partial charge on any atom is 0.232 e. The Morgan fingerprint density at radius 2 is 1.86 bits per heavy atom. The molecule has 0 aliphatic rings. The highest BCUT2D eigenvalue weighted by Crippen LogP contribution is 2.27. The van der Waals surface area contributed by atoms with E-state index >= 15 is 0 Å². The van der Waals surface area contributed by atoms with Gasteiger partial charge in [-0.1, -0.05) is 26.0 Å². The summed E-state index contributed by atoms with van der Waals surface area (Å²) in [6, 6.07) is 7.12. The van der Waals surface area contributed by atoms with Gasteiger partial charge < -0.3 is 5.32 Å². The zero-order valence-electron chi connectivity index (χ0n) is 13.2. The lowest BCUT2D eigenvalue weighted by atomic mass is 10.0. The van der Waals surface area contributed by atoms with Crippen LogP contribution in [0.4, 0.5) is 5.69 Å². The summed E-state index contributed by atoms with van der Waals surface area (Å²) in [4.78, 5) is 12.0. The summed E-state index contributed by atoms with van der Waals surface area (Å²) in [5.74, 6) is -0.0410. The number of benzene rings is 1. The van der Waals surface area contributed by atoms with Gasteiger partial charge in [0, 0.05) is 16.9 Å². The van der Waals surface area contributed by atoms with Gasteiger partial charge >= 0.3 is 0 Å². The Bertz CT molecular complexity index is 601. The van der Waals surface area contributed by atoms with Gasteiger partial charge in [0.15, 0.2) is 0 Å². The summed E-state index contributed by atoms with van der Waals surface area (Å²) >= 11 is 3.36. The molecule has 0 aliphatic carbocycles. The van der Waals surface area contributed by atoms with Crippen molar-refractivity contribution in [3.05, 3.63) is 28.7 Å². The fourth-order valence-electron chi connectivity index (χ4n) is 2.20. The smallest absolute Gasteiger partial charge is 0.232 e. The van der Waals surface area contributed by atoms with Crippen LogP contribution in [0, 0.1) is 5.92 Å².